The van der Waals surface area contributed by atoms with Crippen LogP contribution < -0.4 is 10.6 Å². The van der Waals surface area contributed by atoms with Crippen LogP contribution in [0.15, 0.2) is 54.6 Å². The summed E-state index contributed by atoms with van der Waals surface area (Å²) >= 11 is 0. The smallest absolute Gasteiger partial charge is 0.248 e. The highest BCUT2D eigenvalue weighted by molar-refractivity contribution is 6.02. The topological polar surface area (TPSA) is 58.2 Å². The molecule has 2 N–H and O–H groups in total. The molecule has 0 saturated carbocycles. The van der Waals surface area contributed by atoms with Crippen LogP contribution in [0.25, 0.3) is 6.08 Å². The first-order chi connectivity index (χ1) is 12.3. The Morgan fingerprint density at radius 2 is 1.35 bits per heavy atom. The summed E-state index contributed by atoms with van der Waals surface area (Å²) in [6, 6.07) is 15.2. The number of carbonyl (C=O) groups is 2. The number of hydrogen-bond donors (Lipinski definition) is 2. The minimum absolute atomic E-state index is 0.0341. The second-order valence-electron chi connectivity index (χ2n) is 6.87. The van der Waals surface area contributed by atoms with Gasteiger partial charge in [0.2, 0.25) is 11.8 Å². The molecule has 2 aromatic rings. The predicted molar refractivity (Wildman–Crippen MR) is 108 cm³/mol. The van der Waals surface area contributed by atoms with Crippen LogP contribution in [0, 0.1) is 5.92 Å². The standard InChI is InChI=1S/C22H26N2O2/c1-15(2)18-8-5-17(6-9-18)7-14-21(25)23-19-10-12-20(13-11-19)24-22(26)16(3)4/h5-16H,1-4H3,(H,23,25)(H,24,26). The molecule has 0 aliphatic carbocycles. The van der Waals surface area contributed by atoms with Crippen molar-refractivity contribution in [3.05, 3.63) is 65.7 Å². The average molecular weight is 350 g/mol. The van der Waals surface area contributed by atoms with Gasteiger partial charge in [-0.1, -0.05) is 52.0 Å². The fourth-order valence-electron chi connectivity index (χ4n) is 2.27. The van der Waals surface area contributed by atoms with Crippen molar-refractivity contribution in [2.45, 2.75) is 33.6 Å². The largest absolute Gasteiger partial charge is 0.326 e. The highest BCUT2D eigenvalue weighted by Gasteiger charge is 2.07. The maximum atomic E-state index is 12.0. The van der Waals surface area contributed by atoms with Crippen LogP contribution in [-0.2, 0) is 9.59 Å². The molecule has 0 spiro atoms. The molecule has 0 heterocycles. The first-order valence-electron chi connectivity index (χ1n) is 8.85. The average Bonchev–Trinajstić information content (AvgIpc) is 2.62. The first kappa shape index (κ1) is 19.4. The van der Waals surface area contributed by atoms with Gasteiger partial charge in [0, 0.05) is 23.4 Å². The van der Waals surface area contributed by atoms with Crippen LogP contribution in [0.3, 0.4) is 0 Å². The van der Waals surface area contributed by atoms with E-state index in [1.54, 1.807) is 30.3 Å². The monoisotopic (exact) mass is 350 g/mol. The highest BCUT2D eigenvalue weighted by atomic mass is 16.2. The van der Waals surface area contributed by atoms with Crippen molar-refractivity contribution < 1.29 is 9.59 Å². The maximum absolute atomic E-state index is 12.0. The summed E-state index contributed by atoms with van der Waals surface area (Å²) in [5.41, 5.74) is 3.65. The van der Waals surface area contributed by atoms with Crippen molar-refractivity contribution in [2.24, 2.45) is 5.92 Å². The van der Waals surface area contributed by atoms with E-state index in [0.29, 0.717) is 17.3 Å². The molecule has 2 amide bonds. The lowest BCUT2D eigenvalue weighted by Gasteiger charge is -2.08. The summed E-state index contributed by atoms with van der Waals surface area (Å²) < 4.78 is 0. The van der Waals surface area contributed by atoms with Gasteiger partial charge in [-0.25, -0.2) is 0 Å². The fraction of sp³-hybridized carbons (Fsp3) is 0.273. The van der Waals surface area contributed by atoms with Crippen LogP contribution in [-0.4, -0.2) is 11.8 Å². The third kappa shape index (κ3) is 5.88. The number of rotatable bonds is 6. The second-order valence-corrected chi connectivity index (χ2v) is 6.87. The zero-order chi connectivity index (χ0) is 19.1. The summed E-state index contributed by atoms with van der Waals surface area (Å²) in [5, 5.41) is 5.62. The van der Waals surface area contributed by atoms with Gasteiger partial charge in [-0.2, -0.15) is 0 Å². The maximum Gasteiger partial charge on any atom is 0.248 e. The zero-order valence-corrected chi connectivity index (χ0v) is 15.7. The van der Waals surface area contributed by atoms with Crippen LogP contribution in [0.1, 0.15) is 44.7 Å². The molecule has 0 aliphatic heterocycles. The molecule has 26 heavy (non-hydrogen) atoms. The Morgan fingerprint density at radius 1 is 0.808 bits per heavy atom. The van der Waals surface area contributed by atoms with Gasteiger partial charge >= 0.3 is 0 Å². The quantitative estimate of drug-likeness (QED) is 0.716. The van der Waals surface area contributed by atoms with E-state index in [4.69, 9.17) is 0 Å². The Morgan fingerprint density at radius 3 is 1.85 bits per heavy atom. The van der Waals surface area contributed by atoms with Gasteiger partial charge in [-0.05, 0) is 47.4 Å². The lowest BCUT2D eigenvalue weighted by molar-refractivity contribution is -0.119. The van der Waals surface area contributed by atoms with Gasteiger partial charge in [0.1, 0.15) is 0 Å². The van der Waals surface area contributed by atoms with E-state index in [1.807, 2.05) is 26.0 Å². The lowest BCUT2D eigenvalue weighted by Crippen LogP contribution is -2.17. The fourth-order valence-corrected chi connectivity index (χ4v) is 2.27. The molecular formula is C22H26N2O2. The Hall–Kier alpha value is -2.88. The van der Waals surface area contributed by atoms with Crippen LogP contribution in [0.2, 0.25) is 0 Å². The first-order valence-corrected chi connectivity index (χ1v) is 8.85. The van der Waals surface area contributed by atoms with Gasteiger partial charge < -0.3 is 10.6 Å². The van der Waals surface area contributed by atoms with E-state index in [9.17, 15) is 9.59 Å². The second kappa shape index (κ2) is 8.99. The Labute approximate surface area is 155 Å². The number of benzene rings is 2. The van der Waals surface area contributed by atoms with Gasteiger partial charge in [0.25, 0.3) is 0 Å². The zero-order valence-electron chi connectivity index (χ0n) is 15.7. The molecule has 2 aromatic carbocycles. The number of nitrogens with one attached hydrogen (secondary N) is 2. The third-order valence-corrected chi connectivity index (χ3v) is 3.97. The van der Waals surface area contributed by atoms with Gasteiger partial charge in [-0.15, -0.1) is 0 Å². The van der Waals surface area contributed by atoms with E-state index in [1.165, 1.54) is 11.6 Å². The number of carbonyl (C=O) groups excluding carboxylic acids is 2. The molecule has 0 bridgehead atoms. The normalized spacial score (nSPS) is 11.2. The van der Waals surface area contributed by atoms with Crippen molar-refractivity contribution in [3.63, 3.8) is 0 Å². The summed E-state index contributed by atoms with van der Waals surface area (Å²) in [6.45, 7) is 7.98. The molecule has 2 rings (SSSR count). The molecule has 0 fully saturated rings. The molecule has 0 aromatic heterocycles. The van der Waals surface area contributed by atoms with E-state index in [2.05, 4.69) is 36.6 Å². The molecule has 136 valence electrons. The van der Waals surface area contributed by atoms with Crippen LogP contribution >= 0.6 is 0 Å². The van der Waals surface area contributed by atoms with Crippen molar-refractivity contribution >= 4 is 29.3 Å². The third-order valence-electron chi connectivity index (χ3n) is 3.97. The Kier molecular flexibility index (Phi) is 6.73. The summed E-state index contributed by atoms with van der Waals surface area (Å²) in [7, 11) is 0. The summed E-state index contributed by atoms with van der Waals surface area (Å²) in [4.78, 5) is 23.7. The molecule has 0 aliphatic rings. The van der Waals surface area contributed by atoms with Crippen LogP contribution in [0.5, 0.6) is 0 Å². The number of amides is 2. The summed E-state index contributed by atoms with van der Waals surface area (Å²) in [6.07, 6.45) is 3.30. The van der Waals surface area contributed by atoms with Gasteiger partial charge in [0.05, 0.1) is 0 Å². The molecule has 0 radical (unpaired) electrons. The van der Waals surface area contributed by atoms with Crippen molar-refractivity contribution in [3.8, 4) is 0 Å². The predicted octanol–water partition coefficient (Wildman–Crippen LogP) is 5.06. The van der Waals surface area contributed by atoms with Crippen LogP contribution in [0.4, 0.5) is 11.4 Å². The van der Waals surface area contributed by atoms with E-state index >= 15 is 0 Å². The van der Waals surface area contributed by atoms with E-state index in [-0.39, 0.29) is 17.7 Å². The minimum Gasteiger partial charge on any atom is -0.326 e. The lowest BCUT2D eigenvalue weighted by atomic mass is 10.0. The number of anilines is 2. The van der Waals surface area contributed by atoms with Crippen molar-refractivity contribution in [1.82, 2.24) is 0 Å². The van der Waals surface area contributed by atoms with Crippen molar-refractivity contribution in [2.75, 3.05) is 10.6 Å². The Bertz CT molecular complexity index is 773. The van der Waals surface area contributed by atoms with Gasteiger partial charge in [0.15, 0.2) is 0 Å². The number of hydrogen-bond acceptors (Lipinski definition) is 2. The Balaban J connectivity index is 1.91. The van der Waals surface area contributed by atoms with E-state index in [0.717, 1.165) is 5.56 Å². The summed E-state index contributed by atoms with van der Waals surface area (Å²) in [5.74, 6) is 0.184. The molecule has 0 atom stereocenters. The van der Waals surface area contributed by atoms with Crippen molar-refractivity contribution in [1.29, 1.82) is 0 Å². The molecule has 0 saturated heterocycles. The van der Waals surface area contributed by atoms with E-state index < -0.39 is 0 Å². The van der Waals surface area contributed by atoms with Gasteiger partial charge in [-0.3, -0.25) is 9.59 Å². The molecule has 4 heteroatoms. The molecule has 4 nitrogen and oxygen atoms in total. The molecule has 0 unspecified atom stereocenters. The highest BCUT2D eigenvalue weighted by Crippen LogP contribution is 2.16. The molecular weight excluding hydrogens is 324 g/mol. The minimum atomic E-state index is -0.197. The SMILES string of the molecule is CC(C)C(=O)Nc1ccc(NC(=O)C=Cc2ccc(C(C)C)cc2)cc1.